The van der Waals surface area contributed by atoms with E-state index in [1.165, 1.54) is 23.8 Å². The monoisotopic (exact) mass is 628 g/mol. The van der Waals surface area contributed by atoms with Gasteiger partial charge in [-0.3, -0.25) is 23.3 Å². The molecule has 0 saturated carbocycles. The van der Waals surface area contributed by atoms with Gasteiger partial charge in [-0.2, -0.15) is 31.3 Å². The number of halogens is 6. The lowest BCUT2D eigenvalue weighted by atomic mass is 9.96. The summed E-state index contributed by atoms with van der Waals surface area (Å²) in [6.07, 6.45) is -15.1. The van der Waals surface area contributed by atoms with Crippen LogP contribution in [0.4, 0.5) is 32.3 Å². The fraction of sp³-hybridized carbons (Fsp3) is 0.478. The number of hydrogen-bond acceptors (Lipinski definition) is 10. The number of anilines is 1. The van der Waals surface area contributed by atoms with Gasteiger partial charge in [0.25, 0.3) is 5.56 Å². The largest absolute Gasteiger partial charge is 0.475 e. The molecule has 3 aromatic rings. The summed E-state index contributed by atoms with van der Waals surface area (Å²) in [4.78, 5) is 18.5. The van der Waals surface area contributed by atoms with Gasteiger partial charge in [-0.1, -0.05) is 0 Å². The Morgan fingerprint density at radius 1 is 1.21 bits per heavy atom. The highest BCUT2D eigenvalue weighted by Crippen LogP contribution is 2.58. The maximum atomic E-state index is 13.3. The van der Waals surface area contributed by atoms with Crippen LogP contribution in [0.3, 0.4) is 0 Å². The molecule has 230 valence electrons. The first kappa shape index (κ1) is 30.5. The second kappa shape index (κ2) is 10.3. The molecule has 42 heavy (non-hydrogen) atoms. The third-order valence-electron chi connectivity index (χ3n) is 6.87. The summed E-state index contributed by atoms with van der Waals surface area (Å²) < 4.78 is 116. The van der Waals surface area contributed by atoms with Crippen LogP contribution in [0.1, 0.15) is 42.4 Å². The van der Waals surface area contributed by atoms with Crippen molar-refractivity contribution in [1.82, 2.24) is 14.5 Å². The van der Waals surface area contributed by atoms with Gasteiger partial charge < -0.3 is 25.3 Å². The van der Waals surface area contributed by atoms with Crippen LogP contribution in [0.5, 0.6) is 0 Å². The Balaban J connectivity index is 1.35. The Kier molecular flexibility index (Phi) is 7.49. The number of nitrogens with two attached hydrogens (primary N) is 1. The van der Waals surface area contributed by atoms with Crippen molar-refractivity contribution in [2.75, 3.05) is 18.9 Å². The number of aromatic nitrogens is 3. The zero-order valence-corrected chi connectivity index (χ0v) is 22.2. The average molecular weight is 628 g/mol. The van der Waals surface area contributed by atoms with E-state index in [0.717, 1.165) is 0 Å². The zero-order valence-electron chi connectivity index (χ0n) is 21.3. The second-order valence-electron chi connectivity index (χ2n) is 9.91. The number of nitrogens with zero attached hydrogens (tertiary/aromatic N) is 2. The first-order chi connectivity index (χ1) is 19.4. The molecule has 0 radical (unpaired) electrons. The van der Waals surface area contributed by atoms with Crippen LogP contribution in [-0.2, 0) is 35.2 Å². The number of rotatable bonds is 5. The summed E-state index contributed by atoms with van der Waals surface area (Å²) in [5.74, 6) is -0.229. The summed E-state index contributed by atoms with van der Waals surface area (Å²) in [5, 5.41) is 21.9. The van der Waals surface area contributed by atoms with Gasteiger partial charge in [0.2, 0.25) is 5.95 Å². The lowest BCUT2D eigenvalue weighted by Gasteiger charge is -2.30. The number of nitrogen functional groups attached to an aromatic ring is 1. The Hall–Kier alpha value is -2.99. The maximum Gasteiger partial charge on any atom is 0.475 e. The normalized spacial score (nSPS) is 30.7. The number of ether oxygens (including phenoxy) is 1. The predicted molar refractivity (Wildman–Crippen MR) is 130 cm³/mol. The first-order valence-corrected chi connectivity index (χ1v) is 13.6. The number of aliphatic hydroxyl groups is 2. The van der Waals surface area contributed by atoms with Crippen molar-refractivity contribution in [1.29, 1.82) is 0 Å². The van der Waals surface area contributed by atoms with Crippen LogP contribution in [0.25, 0.3) is 11.0 Å². The third kappa shape index (κ3) is 5.67. The molecule has 4 heterocycles. The first-order valence-electron chi connectivity index (χ1n) is 12.2. The molecule has 0 aliphatic carbocycles. The number of benzene rings is 1. The van der Waals surface area contributed by atoms with Gasteiger partial charge in [-0.15, -0.1) is 0 Å². The molecule has 0 bridgehead atoms. The van der Waals surface area contributed by atoms with E-state index in [1.54, 1.807) is 0 Å². The highest BCUT2D eigenvalue weighted by atomic mass is 31.2. The molecule has 2 aromatic heterocycles. The molecule has 2 aliphatic rings. The number of fused-ring (bicyclic) bond motifs is 1. The van der Waals surface area contributed by atoms with Gasteiger partial charge in [0.15, 0.2) is 11.9 Å². The lowest BCUT2D eigenvalue weighted by molar-refractivity contribution is -0.143. The van der Waals surface area contributed by atoms with Crippen LogP contribution in [0.2, 0.25) is 0 Å². The van der Waals surface area contributed by atoms with Crippen molar-refractivity contribution in [3.63, 3.8) is 0 Å². The number of aliphatic hydroxyl groups excluding tert-OH is 1. The molecule has 1 aromatic carbocycles. The van der Waals surface area contributed by atoms with E-state index < -0.39 is 85.8 Å². The number of phosphoric ester groups is 1. The Morgan fingerprint density at radius 3 is 2.48 bits per heavy atom. The van der Waals surface area contributed by atoms with Gasteiger partial charge in [-0.25, -0.2) is 4.57 Å². The molecule has 0 amide bonds. The zero-order chi connectivity index (χ0) is 30.8. The average Bonchev–Trinajstić information content (AvgIpc) is 3.39. The van der Waals surface area contributed by atoms with Crippen molar-refractivity contribution in [2.45, 2.75) is 55.8 Å². The van der Waals surface area contributed by atoms with E-state index in [9.17, 15) is 45.9 Å². The summed E-state index contributed by atoms with van der Waals surface area (Å²) >= 11 is 0. The number of hydrogen-bond donors (Lipinski definition) is 4. The van der Waals surface area contributed by atoms with Crippen molar-refractivity contribution < 1.29 is 59.4 Å². The summed E-state index contributed by atoms with van der Waals surface area (Å²) in [7, 11) is -4.62. The highest BCUT2D eigenvalue weighted by molar-refractivity contribution is 7.48. The quantitative estimate of drug-likeness (QED) is 0.242. The van der Waals surface area contributed by atoms with Gasteiger partial charge in [0.1, 0.15) is 17.8 Å². The predicted octanol–water partition coefficient (Wildman–Crippen LogP) is 3.66. The molecule has 0 spiro atoms. The Morgan fingerprint density at radius 2 is 1.86 bits per heavy atom. The molecule has 12 nitrogen and oxygen atoms in total. The number of nitrogens with one attached hydrogen (secondary N) is 1. The molecule has 2 saturated heterocycles. The molecule has 2 fully saturated rings. The maximum absolute atomic E-state index is 13.3. The van der Waals surface area contributed by atoms with Crippen LogP contribution in [0, 0.1) is 0 Å². The number of alkyl halides is 6. The lowest BCUT2D eigenvalue weighted by Crippen LogP contribution is -2.44. The van der Waals surface area contributed by atoms with Crippen molar-refractivity contribution in [2.24, 2.45) is 0 Å². The number of aromatic amines is 1. The molecule has 0 unspecified atom stereocenters. The van der Waals surface area contributed by atoms with E-state index in [2.05, 4.69) is 9.97 Å². The molecule has 19 heteroatoms. The van der Waals surface area contributed by atoms with E-state index >= 15 is 0 Å². The minimum absolute atomic E-state index is 0.0178. The molecule has 2 aliphatic heterocycles. The fourth-order valence-electron chi connectivity index (χ4n) is 4.76. The standard InChI is InChI=1S/C23H23F6N4O8P/c1-21(36)16(34)15(40-19(21)33-4-2-13-17(33)31-20(30)32-18(13)35)9-39-42(37)38-5-3-14(41-42)10-6-11(22(24,25)26)8-12(7-10)23(27,28)29/h2,4,6-8,14-16,19,34,36H,3,5,9H2,1H3,(H3,30,31,32,35)/t14-,15-,16-,19-,21-,42+/m1/s1. The van der Waals surface area contributed by atoms with Gasteiger partial charge >= 0.3 is 20.2 Å². The van der Waals surface area contributed by atoms with Crippen molar-refractivity contribution >= 4 is 24.8 Å². The SMILES string of the molecule is C[C@@]1(O)[C@H](O)[C@@H](CO[P@]2(=O)OCC[C@H](c3cc(C(F)(F)F)cc(C(F)(F)F)c3)O2)O[C@H]1n1ccc2c(=O)[nH]c(N)nc21. The van der Waals surface area contributed by atoms with Crippen LogP contribution < -0.4 is 11.3 Å². The topological polar surface area (TPSA) is 171 Å². The highest BCUT2D eigenvalue weighted by Gasteiger charge is 2.54. The van der Waals surface area contributed by atoms with Crippen LogP contribution >= 0.6 is 7.82 Å². The third-order valence-corrected chi connectivity index (χ3v) is 8.35. The molecular formula is C23H23F6N4O8P. The van der Waals surface area contributed by atoms with E-state index in [0.29, 0.717) is 12.1 Å². The van der Waals surface area contributed by atoms with Crippen molar-refractivity contribution in [3.05, 3.63) is 57.5 Å². The van der Waals surface area contributed by atoms with E-state index in [1.807, 2.05) is 0 Å². The smallest absolute Gasteiger partial charge is 0.387 e. The van der Waals surface area contributed by atoms with Gasteiger partial charge in [-0.05, 0) is 36.8 Å². The van der Waals surface area contributed by atoms with Gasteiger partial charge in [0.05, 0.1) is 35.8 Å². The molecular weight excluding hydrogens is 605 g/mol. The summed E-state index contributed by atoms with van der Waals surface area (Å²) in [6.45, 7) is 0.0524. The number of phosphoric acid groups is 1. The second-order valence-corrected chi connectivity index (χ2v) is 11.5. The van der Waals surface area contributed by atoms with Crippen LogP contribution in [-0.4, -0.2) is 55.8 Å². The minimum Gasteiger partial charge on any atom is -0.387 e. The molecule has 6 atom stereocenters. The fourth-order valence-corrected chi connectivity index (χ4v) is 6.16. The van der Waals surface area contributed by atoms with E-state index in [-0.39, 0.29) is 29.5 Å². The Labute approximate surface area is 231 Å². The van der Waals surface area contributed by atoms with E-state index in [4.69, 9.17) is 24.0 Å². The Bertz CT molecular complexity index is 1570. The van der Waals surface area contributed by atoms with Crippen molar-refractivity contribution in [3.8, 4) is 0 Å². The summed E-state index contributed by atoms with van der Waals surface area (Å²) in [6, 6.07) is 2.23. The number of H-pyrrole nitrogens is 1. The minimum atomic E-state index is -5.11. The van der Waals surface area contributed by atoms with Gasteiger partial charge in [0, 0.05) is 12.6 Å². The molecule has 5 rings (SSSR count). The molecule has 5 N–H and O–H groups in total. The van der Waals surface area contributed by atoms with Crippen LogP contribution in [0.15, 0.2) is 35.3 Å². The summed E-state index contributed by atoms with van der Waals surface area (Å²) in [5.41, 5.74) is -0.687.